The minimum absolute atomic E-state index is 0.00135. The summed E-state index contributed by atoms with van der Waals surface area (Å²) in [5.41, 5.74) is 3.69. The van der Waals surface area contributed by atoms with Gasteiger partial charge in [-0.15, -0.1) is 0 Å². The maximum Gasteiger partial charge on any atom is 0.263 e. The van der Waals surface area contributed by atoms with Crippen molar-refractivity contribution >= 4 is 39.1 Å². The molecule has 0 unspecified atom stereocenters. The van der Waals surface area contributed by atoms with Crippen LogP contribution in [-0.4, -0.2) is 65.9 Å². The lowest BCUT2D eigenvalue weighted by atomic mass is 9.93. The number of carbonyl (C=O) groups is 1. The highest BCUT2D eigenvalue weighted by Gasteiger charge is 2.27. The van der Waals surface area contributed by atoms with E-state index in [1.165, 1.54) is 11.3 Å². The second kappa shape index (κ2) is 9.34. The highest BCUT2D eigenvalue weighted by atomic mass is 32.1. The predicted molar refractivity (Wildman–Crippen MR) is 131 cm³/mol. The molecule has 0 spiro atoms. The van der Waals surface area contributed by atoms with E-state index in [-0.39, 0.29) is 12.0 Å². The van der Waals surface area contributed by atoms with Gasteiger partial charge >= 0.3 is 0 Å². The number of rotatable bonds is 5. The maximum atomic E-state index is 12.0. The lowest BCUT2D eigenvalue weighted by Gasteiger charge is -2.31. The molecule has 1 saturated carbocycles. The van der Waals surface area contributed by atoms with Crippen molar-refractivity contribution in [2.24, 2.45) is 0 Å². The molecule has 1 saturated heterocycles. The lowest BCUT2D eigenvalue weighted by Crippen LogP contribution is -2.36. The van der Waals surface area contributed by atoms with Gasteiger partial charge < -0.3 is 25.0 Å². The number of thiazole rings is 1. The van der Waals surface area contributed by atoms with E-state index < -0.39 is 0 Å². The minimum Gasteiger partial charge on any atom is -0.488 e. The molecule has 1 aromatic carbocycles. The first-order valence-corrected chi connectivity index (χ1v) is 12.8. The third-order valence-electron chi connectivity index (χ3n) is 6.75. The number of ether oxygens (including phenoxy) is 2. The van der Waals surface area contributed by atoms with Gasteiger partial charge in [0, 0.05) is 56.2 Å². The summed E-state index contributed by atoms with van der Waals surface area (Å²) in [6, 6.07) is 4.54. The van der Waals surface area contributed by atoms with Crippen LogP contribution in [0.2, 0.25) is 0 Å². The van der Waals surface area contributed by atoms with Crippen LogP contribution >= 0.6 is 11.3 Å². The highest BCUT2D eigenvalue weighted by molar-refractivity contribution is 7.17. The second-order valence-corrected chi connectivity index (χ2v) is 10.0. The molecule has 0 radical (unpaired) electrons. The number of hydrogen-bond donors (Lipinski definition) is 2. The summed E-state index contributed by atoms with van der Waals surface area (Å²) in [5.74, 6) is 0.806. The van der Waals surface area contributed by atoms with Crippen LogP contribution < -0.4 is 20.3 Å². The van der Waals surface area contributed by atoms with E-state index in [4.69, 9.17) is 9.47 Å². The normalized spacial score (nSPS) is 22.8. The monoisotopic (exact) mass is 480 g/mol. The van der Waals surface area contributed by atoms with Gasteiger partial charge in [0.1, 0.15) is 16.1 Å². The largest absolute Gasteiger partial charge is 0.488 e. The molecule has 4 heterocycles. The number of benzene rings is 1. The first-order chi connectivity index (χ1) is 16.7. The zero-order valence-electron chi connectivity index (χ0n) is 19.0. The Morgan fingerprint density at radius 2 is 1.94 bits per heavy atom. The third-order valence-corrected chi connectivity index (χ3v) is 7.77. The van der Waals surface area contributed by atoms with Gasteiger partial charge in [0.25, 0.3) is 5.91 Å². The molecule has 9 nitrogen and oxygen atoms in total. The molecule has 0 atom stereocenters. The van der Waals surface area contributed by atoms with E-state index in [0.29, 0.717) is 12.6 Å². The summed E-state index contributed by atoms with van der Waals surface area (Å²) in [5, 5.41) is 7.30. The molecule has 2 aromatic heterocycles. The fourth-order valence-corrected chi connectivity index (χ4v) is 5.94. The molecule has 6 rings (SSSR count). The van der Waals surface area contributed by atoms with E-state index in [2.05, 4.69) is 42.6 Å². The summed E-state index contributed by atoms with van der Waals surface area (Å²) in [7, 11) is 0. The van der Waals surface area contributed by atoms with Gasteiger partial charge in [-0.3, -0.25) is 9.78 Å². The molecule has 2 N–H and O–H groups in total. The standard InChI is InChI=1S/C24H28N6O3S/c31-23-22-18(5-6-27-23)29-24(34-22)28-15-1-3-17(4-2-15)33-20-14-16(30-9-11-32-12-10-30)13-19-21(20)26-8-7-25-19/h7-8,13-15,17H,1-6,9-12H2,(H,27,31)(H,28,29)/t15-,17+. The first-order valence-electron chi connectivity index (χ1n) is 12.0. The number of hydrogen-bond acceptors (Lipinski definition) is 9. The van der Waals surface area contributed by atoms with E-state index in [9.17, 15) is 4.79 Å². The fourth-order valence-electron chi connectivity index (χ4n) is 4.94. The van der Waals surface area contributed by atoms with Crippen molar-refractivity contribution in [3.63, 3.8) is 0 Å². The highest BCUT2D eigenvalue weighted by Crippen LogP contribution is 2.34. The zero-order chi connectivity index (χ0) is 22.9. The van der Waals surface area contributed by atoms with Crippen molar-refractivity contribution in [2.75, 3.05) is 43.1 Å². The van der Waals surface area contributed by atoms with Crippen LogP contribution in [0.1, 0.15) is 41.0 Å². The lowest BCUT2D eigenvalue weighted by molar-refractivity contribution is 0.0950. The summed E-state index contributed by atoms with van der Waals surface area (Å²) >= 11 is 1.46. The number of nitrogens with zero attached hydrogens (tertiary/aromatic N) is 4. The molecular formula is C24H28N6O3S. The van der Waals surface area contributed by atoms with E-state index >= 15 is 0 Å². The first kappa shape index (κ1) is 21.5. The van der Waals surface area contributed by atoms with Crippen LogP contribution in [0.4, 0.5) is 10.8 Å². The molecule has 3 aliphatic rings. The van der Waals surface area contributed by atoms with Gasteiger partial charge in [-0.1, -0.05) is 11.3 Å². The van der Waals surface area contributed by atoms with E-state index in [1.807, 2.05) is 0 Å². The summed E-state index contributed by atoms with van der Waals surface area (Å²) in [4.78, 5) is 28.8. The Morgan fingerprint density at radius 3 is 2.76 bits per heavy atom. The number of anilines is 2. The average molecular weight is 481 g/mol. The smallest absolute Gasteiger partial charge is 0.263 e. The number of nitrogens with one attached hydrogen (secondary N) is 2. The zero-order valence-corrected chi connectivity index (χ0v) is 19.8. The molecule has 10 heteroatoms. The predicted octanol–water partition coefficient (Wildman–Crippen LogP) is 3.01. The topological polar surface area (TPSA) is 102 Å². The molecule has 2 fully saturated rings. The molecule has 0 bridgehead atoms. The molecular weight excluding hydrogens is 452 g/mol. The van der Waals surface area contributed by atoms with Crippen LogP contribution in [0.15, 0.2) is 24.5 Å². The Labute approximate surface area is 201 Å². The summed E-state index contributed by atoms with van der Waals surface area (Å²) < 4.78 is 12.0. The van der Waals surface area contributed by atoms with Crippen LogP contribution in [-0.2, 0) is 11.2 Å². The van der Waals surface area contributed by atoms with Gasteiger partial charge in [-0.2, -0.15) is 0 Å². The Balaban J connectivity index is 1.12. The Hall–Kier alpha value is -2.98. The van der Waals surface area contributed by atoms with Crippen molar-refractivity contribution in [2.45, 2.75) is 44.2 Å². The van der Waals surface area contributed by atoms with Gasteiger partial charge in [0.15, 0.2) is 5.13 Å². The second-order valence-electron chi connectivity index (χ2n) is 9.00. The van der Waals surface area contributed by atoms with Gasteiger partial charge in [-0.25, -0.2) is 9.97 Å². The summed E-state index contributed by atoms with van der Waals surface area (Å²) in [6.45, 7) is 3.87. The van der Waals surface area contributed by atoms with Crippen LogP contribution in [0, 0.1) is 0 Å². The molecule has 34 heavy (non-hydrogen) atoms. The van der Waals surface area contributed by atoms with Gasteiger partial charge in [-0.05, 0) is 31.7 Å². The average Bonchev–Trinajstić information content (AvgIpc) is 3.29. The number of fused-ring (bicyclic) bond motifs is 2. The molecule has 178 valence electrons. The van der Waals surface area contributed by atoms with E-state index in [0.717, 1.165) is 96.6 Å². The molecule has 2 aliphatic heterocycles. The molecule has 1 amide bonds. The van der Waals surface area contributed by atoms with Gasteiger partial charge in [0.05, 0.1) is 30.5 Å². The number of aromatic nitrogens is 3. The van der Waals surface area contributed by atoms with Crippen molar-refractivity contribution in [1.29, 1.82) is 0 Å². The summed E-state index contributed by atoms with van der Waals surface area (Å²) in [6.07, 6.45) is 8.28. The van der Waals surface area contributed by atoms with Gasteiger partial charge in [0.2, 0.25) is 0 Å². The van der Waals surface area contributed by atoms with Crippen LogP contribution in [0.25, 0.3) is 11.0 Å². The van der Waals surface area contributed by atoms with Crippen molar-refractivity contribution in [1.82, 2.24) is 20.3 Å². The van der Waals surface area contributed by atoms with Crippen LogP contribution in [0.3, 0.4) is 0 Å². The van der Waals surface area contributed by atoms with Crippen LogP contribution in [0.5, 0.6) is 5.75 Å². The molecule has 1 aliphatic carbocycles. The SMILES string of the molecule is O=C1NCCc2nc(N[C@H]3CC[C@@H](Oc4cc(N5CCOCC5)cc5nccnc45)CC3)sc21. The number of amides is 1. The minimum atomic E-state index is -0.00135. The number of carbonyl (C=O) groups excluding carboxylic acids is 1. The van der Waals surface area contributed by atoms with Crippen molar-refractivity contribution < 1.29 is 14.3 Å². The quantitative estimate of drug-likeness (QED) is 0.575. The third kappa shape index (κ3) is 4.39. The van der Waals surface area contributed by atoms with E-state index in [1.54, 1.807) is 12.4 Å². The Bertz CT molecular complexity index is 1190. The fraction of sp³-hybridized carbons (Fsp3) is 0.500. The van der Waals surface area contributed by atoms with Crippen molar-refractivity contribution in [3.05, 3.63) is 35.1 Å². The van der Waals surface area contributed by atoms with Crippen molar-refractivity contribution in [3.8, 4) is 5.75 Å². The maximum absolute atomic E-state index is 12.0. The number of morpholine rings is 1. The molecule has 3 aromatic rings. The Morgan fingerprint density at radius 1 is 1.12 bits per heavy atom. The Kier molecular flexibility index (Phi) is 5.92.